The van der Waals surface area contributed by atoms with Crippen LogP contribution in [-0.4, -0.2) is 17.6 Å². The van der Waals surface area contributed by atoms with Crippen LogP contribution in [0.25, 0.3) is 0 Å². The predicted molar refractivity (Wildman–Crippen MR) is 79.1 cm³/mol. The number of ketones is 1. The van der Waals surface area contributed by atoms with E-state index in [2.05, 4.69) is 0 Å². The number of rotatable bonds is 2. The Morgan fingerprint density at radius 1 is 1.10 bits per heavy atom. The molecule has 4 heteroatoms. The van der Waals surface area contributed by atoms with E-state index in [0.29, 0.717) is 24.1 Å². The molecule has 0 atom stereocenters. The van der Waals surface area contributed by atoms with Gasteiger partial charge in [0.15, 0.2) is 5.78 Å². The SMILES string of the molecule is CC(=O)c1cccc(N2C(=O)CC3(CCCC3)CC2=O)c1. The lowest BCUT2D eigenvalue weighted by Gasteiger charge is -2.37. The summed E-state index contributed by atoms with van der Waals surface area (Å²) in [6, 6.07) is 6.76. The van der Waals surface area contributed by atoms with Gasteiger partial charge in [0, 0.05) is 18.4 Å². The smallest absolute Gasteiger partial charge is 0.234 e. The summed E-state index contributed by atoms with van der Waals surface area (Å²) in [6.07, 6.45) is 5.07. The van der Waals surface area contributed by atoms with Gasteiger partial charge in [-0.25, -0.2) is 0 Å². The normalized spacial score (nSPS) is 21.1. The molecule has 1 saturated carbocycles. The van der Waals surface area contributed by atoms with Crippen molar-refractivity contribution in [1.82, 2.24) is 0 Å². The molecule has 1 saturated heterocycles. The van der Waals surface area contributed by atoms with Gasteiger partial charge in [0.05, 0.1) is 5.69 Å². The monoisotopic (exact) mass is 285 g/mol. The second-order valence-electron chi connectivity index (χ2n) is 6.29. The van der Waals surface area contributed by atoms with E-state index in [4.69, 9.17) is 0 Å². The van der Waals surface area contributed by atoms with Gasteiger partial charge in [-0.05, 0) is 37.3 Å². The molecule has 110 valence electrons. The van der Waals surface area contributed by atoms with Crippen LogP contribution >= 0.6 is 0 Å². The van der Waals surface area contributed by atoms with Gasteiger partial charge in [-0.3, -0.25) is 19.3 Å². The van der Waals surface area contributed by atoms with Crippen molar-refractivity contribution in [1.29, 1.82) is 0 Å². The summed E-state index contributed by atoms with van der Waals surface area (Å²) in [7, 11) is 0. The number of carbonyl (C=O) groups excluding carboxylic acids is 3. The zero-order valence-electron chi connectivity index (χ0n) is 12.2. The molecule has 4 nitrogen and oxygen atoms in total. The molecule has 1 aromatic rings. The molecule has 2 fully saturated rings. The van der Waals surface area contributed by atoms with E-state index in [0.717, 1.165) is 25.7 Å². The van der Waals surface area contributed by atoms with Crippen LogP contribution in [0.4, 0.5) is 5.69 Å². The highest BCUT2D eigenvalue weighted by atomic mass is 16.2. The van der Waals surface area contributed by atoms with Crippen LogP contribution in [-0.2, 0) is 9.59 Å². The molecular weight excluding hydrogens is 266 g/mol. The number of imide groups is 1. The van der Waals surface area contributed by atoms with Crippen LogP contribution in [0.15, 0.2) is 24.3 Å². The molecule has 2 aliphatic rings. The first-order chi connectivity index (χ1) is 10.0. The van der Waals surface area contributed by atoms with Crippen LogP contribution in [0.3, 0.4) is 0 Å². The Balaban J connectivity index is 1.89. The van der Waals surface area contributed by atoms with Crippen molar-refractivity contribution in [3.63, 3.8) is 0 Å². The first-order valence-corrected chi connectivity index (χ1v) is 7.48. The Morgan fingerprint density at radius 2 is 1.71 bits per heavy atom. The van der Waals surface area contributed by atoms with Crippen LogP contribution in [0.2, 0.25) is 0 Å². The van der Waals surface area contributed by atoms with Crippen molar-refractivity contribution in [3.8, 4) is 0 Å². The maximum atomic E-state index is 12.5. The van der Waals surface area contributed by atoms with Crippen LogP contribution in [0.5, 0.6) is 0 Å². The van der Waals surface area contributed by atoms with E-state index in [1.165, 1.54) is 11.8 Å². The number of amides is 2. The molecular formula is C17H19NO3. The molecule has 0 radical (unpaired) electrons. The van der Waals surface area contributed by atoms with Gasteiger partial charge in [0.1, 0.15) is 0 Å². The number of piperidine rings is 1. The first-order valence-electron chi connectivity index (χ1n) is 7.48. The molecule has 0 bridgehead atoms. The molecule has 0 N–H and O–H groups in total. The molecule has 0 unspecified atom stereocenters. The Kier molecular flexibility index (Phi) is 3.40. The van der Waals surface area contributed by atoms with Crippen molar-refractivity contribution in [3.05, 3.63) is 29.8 Å². The van der Waals surface area contributed by atoms with Crippen LogP contribution in [0.1, 0.15) is 55.8 Å². The summed E-state index contributed by atoms with van der Waals surface area (Å²) in [4.78, 5) is 37.7. The minimum absolute atomic E-state index is 0.0685. The van der Waals surface area contributed by atoms with Crippen molar-refractivity contribution < 1.29 is 14.4 Å². The minimum Gasteiger partial charge on any atom is -0.295 e. The quantitative estimate of drug-likeness (QED) is 0.619. The fourth-order valence-electron chi connectivity index (χ4n) is 3.63. The molecule has 1 aliphatic heterocycles. The summed E-state index contributed by atoms with van der Waals surface area (Å²) in [5, 5.41) is 0. The van der Waals surface area contributed by atoms with E-state index >= 15 is 0 Å². The van der Waals surface area contributed by atoms with Gasteiger partial charge >= 0.3 is 0 Å². The lowest BCUT2D eigenvalue weighted by Crippen LogP contribution is -2.47. The van der Waals surface area contributed by atoms with Crippen molar-refractivity contribution >= 4 is 23.3 Å². The fraction of sp³-hybridized carbons (Fsp3) is 0.471. The highest BCUT2D eigenvalue weighted by Gasteiger charge is 2.45. The number of Topliss-reactive ketones (excluding diaryl/α,β-unsaturated/α-hetero) is 1. The number of nitrogens with zero attached hydrogens (tertiary/aromatic N) is 1. The fourth-order valence-corrected chi connectivity index (χ4v) is 3.63. The second-order valence-corrected chi connectivity index (χ2v) is 6.29. The van der Waals surface area contributed by atoms with Crippen LogP contribution in [0, 0.1) is 5.41 Å². The van der Waals surface area contributed by atoms with Gasteiger partial charge < -0.3 is 0 Å². The van der Waals surface area contributed by atoms with Crippen molar-refractivity contribution in [2.24, 2.45) is 5.41 Å². The highest BCUT2D eigenvalue weighted by Crippen LogP contribution is 2.47. The van der Waals surface area contributed by atoms with Crippen LogP contribution < -0.4 is 4.90 Å². The van der Waals surface area contributed by atoms with E-state index in [1.54, 1.807) is 24.3 Å². The second kappa shape index (κ2) is 5.10. The maximum Gasteiger partial charge on any atom is 0.234 e. The number of hydrogen-bond donors (Lipinski definition) is 0. The summed E-state index contributed by atoms with van der Waals surface area (Å²) in [6.45, 7) is 1.48. The summed E-state index contributed by atoms with van der Waals surface area (Å²) in [5.41, 5.74) is 0.947. The molecule has 1 aromatic carbocycles. The van der Waals surface area contributed by atoms with Crippen molar-refractivity contribution in [2.45, 2.75) is 45.4 Å². The van der Waals surface area contributed by atoms with E-state index < -0.39 is 0 Å². The topological polar surface area (TPSA) is 54.5 Å². The van der Waals surface area contributed by atoms with Gasteiger partial charge in [0.2, 0.25) is 11.8 Å². The number of benzene rings is 1. The van der Waals surface area contributed by atoms with E-state index in [1.807, 2.05) is 0 Å². The number of hydrogen-bond acceptors (Lipinski definition) is 3. The van der Waals surface area contributed by atoms with Gasteiger partial charge in [0.25, 0.3) is 0 Å². The molecule has 1 spiro atoms. The zero-order valence-corrected chi connectivity index (χ0v) is 12.2. The average molecular weight is 285 g/mol. The Hall–Kier alpha value is -1.97. The lowest BCUT2D eigenvalue weighted by molar-refractivity contribution is -0.133. The summed E-state index contributed by atoms with van der Waals surface area (Å²) < 4.78 is 0. The molecule has 0 aromatic heterocycles. The van der Waals surface area contributed by atoms with E-state index in [9.17, 15) is 14.4 Å². The molecule has 2 amide bonds. The minimum atomic E-state index is -0.131. The standard InChI is InChI=1S/C17H19NO3/c1-12(19)13-5-4-6-14(9-13)18-15(20)10-17(11-16(18)21)7-2-3-8-17/h4-6,9H,2-3,7-8,10-11H2,1H3. The summed E-state index contributed by atoms with van der Waals surface area (Å²) >= 11 is 0. The van der Waals surface area contributed by atoms with Gasteiger partial charge in [-0.2, -0.15) is 0 Å². The first kappa shape index (κ1) is 14.0. The molecule has 3 rings (SSSR count). The Morgan fingerprint density at radius 3 is 2.29 bits per heavy atom. The van der Waals surface area contributed by atoms with Crippen molar-refractivity contribution in [2.75, 3.05) is 4.90 Å². The Bertz CT molecular complexity index is 594. The number of anilines is 1. The largest absolute Gasteiger partial charge is 0.295 e. The zero-order chi connectivity index (χ0) is 15.0. The highest BCUT2D eigenvalue weighted by molar-refractivity contribution is 6.17. The predicted octanol–water partition coefficient (Wildman–Crippen LogP) is 3.10. The average Bonchev–Trinajstić information content (AvgIpc) is 2.86. The summed E-state index contributed by atoms with van der Waals surface area (Å²) in [5.74, 6) is -0.330. The third-order valence-electron chi connectivity index (χ3n) is 4.73. The molecule has 1 aliphatic carbocycles. The molecule has 1 heterocycles. The van der Waals surface area contributed by atoms with Gasteiger partial charge in [-0.1, -0.05) is 25.0 Å². The molecule has 21 heavy (non-hydrogen) atoms. The third-order valence-corrected chi connectivity index (χ3v) is 4.73. The van der Waals surface area contributed by atoms with E-state index in [-0.39, 0.29) is 23.0 Å². The number of carbonyl (C=O) groups is 3. The Labute approximate surface area is 124 Å². The van der Waals surface area contributed by atoms with Gasteiger partial charge in [-0.15, -0.1) is 0 Å². The third kappa shape index (κ3) is 2.50. The maximum absolute atomic E-state index is 12.5. The lowest BCUT2D eigenvalue weighted by atomic mass is 9.76.